The summed E-state index contributed by atoms with van der Waals surface area (Å²) in [5, 5.41) is 0. The van der Waals surface area contributed by atoms with Crippen molar-refractivity contribution in [2.24, 2.45) is 0 Å². The summed E-state index contributed by atoms with van der Waals surface area (Å²) < 4.78 is 6.44. The van der Waals surface area contributed by atoms with Gasteiger partial charge in [0.15, 0.2) is 5.72 Å². The average molecular weight is 365 g/mol. The number of aromatic nitrogens is 1. The van der Waals surface area contributed by atoms with Crippen molar-refractivity contribution in [1.29, 1.82) is 0 Å². The third kappa shape index (κ3) is 2.35. The summed E-state index contributed by atoms with van der Waals surface area (Å²) in [5.74, 6) is -0.160. The van der Waals surface area contributed by atoms with Crippen LogP contribution in [-0.4, -0.2) is 51.5 Å². The topological polar surface area (TPSA) is 82.7 Å². The van der Waals surface area contributed by atoms with E-state index in [9.17, 15) is 14.4 Å². The number of hydrogen-bond donors (Lipinski definition) is 1. The number of H-pyrrole nitrogens is 1. The summed E-state index contributed by atoms with van der Waals surface area (Å²) in [6, 6.07) is 12.4. The van der Waals surface area contributed by atoms with Crippen molar-refractivity contribution in [3.8, 4) is 0 Å². The summed E-state index contributed by atoms with van der Waals surface area (Å²) in [6.45, 7) is 1.04. The largest absolute Gasteiger partial charge is 0.343 e. The van der Waals surface area contributed by atoms with Crippen LogP contribution in [0.3, 0.4) is 0 Å². The molecule has 27 heavy (non-hydrogen) atoms. The molecule has 4 heterocycles. The van der Waals surface area contributed by atoms with Crippen LogP contribution in [0.2, 0.25) is 0 Å². The summed E-state index contributed by atoms with van der Waals surface area (Å²) in [7, 11) is 0. The van der Waals surface area contributed by atoms with Crippen LogP contribution in [0.4, 0.5) is 0 Å². The Morgan fingerprint density at radius 3 is 2.70 bits per heavy atom. The first kappa shape index (κ1) is 16.3. The molecule has 7 heteroatoms. The number of ether oxygens (including phenoxy) is 1. The molecule has 138 valence electrons. The number of benzene rings is 1. The Morgan fingerprint density at radius 2 is 1.96 bits per heavy atom. The molecule has 1 aromatic carbocycles. The van der Waals surface area contributed by atoms with E-state index < -0.39 is 5.72 Å². The van der Waals surface area contributed by atoms with Crippen molar-refractivity contribution in [3.63, 3.8) is 0 Å². The molecule has 2 aromatic rings. The maximum atomic E-state index is 13.0. The molecule has 2 amide bonds. The molecular weight excluding hydrogens is 346 g/mol. The molecule has 3 saturated heterocycles. The summed E-state index contributed by atoms with van der Waals surface area (Å²) >= 11 is 0. The first-order valence-electron chi connectivity index (χ1n) is 9.11. The van der Waals surface area contributed by atoms with E-state index in [-0.39, 0.29) is 35.9 Å². The van der Waals surface area contributed by atoms with Gasteiger partial charge in [0.25, 0.3) is 5.91 Å². The first-order chi connectivity index (χ1) is 13.1. The van der Waals surface area contributed by atoms with E-state index in [1.165, 1.54) is 18.3 Å². The molecule has 1 spiro atoms. The molecule has 3 fully saturated rings. The molecule has 3 aliphatic rings. The molecule has 1 N–H and O–H groups in total. The smallest absolute Gasteiger partial charge is 0.255 e. The number of pyridine rings is 1. The molecule has 5 rings (SSSR count). The minimum absolute atomic E-state index is 0.0254. The molecule has 1 aromatic heterocycles. The number of aromatic amines is 1. The highest BCUT2D eigenvalue weighted by Crippen LogP contribution is 2.50. The first-order valence-corrected chi connectivity index (χ1v) is 9.11. The highest BCUT2D eigenvalue weighted by atomic mass is 16.5. The van der Waals surface area contributed by atoms with Gasteiger partial charge in [-0.25, -0.2) is 0 Å². The van der Waals surface area contributed by atoms with Gasteiger partial charge in [-0.05, 0) is 11.6 Å². The highest BCUT2D eigenvalue weighted by molar-refractivity contribution is 5.95. The lowest BCUT2D eigenvalue weighted by molar-refractivity contribution is -0.138. The summed E-state index contributed by atoms with van der Waals surface area (Å²) in [5.41, 5.74) is 0.458. The lowest BCUT2D eigenvalue weighted by Crippen LogP contribution is -2.48. The Balaban J connectivity index is 1.45. The Bertz CT molecular complexity index is 952. The van der Waals surface area contributed by atoms with E-state index in [2.05, 4.69) is 4.98 Å². The van der Waals surface area contributed by atoms with Gasteiger partial charge in [0, 0.05) is 25.2 Å². The molecule has 3 aliphatic heterocycles. The van der Waals surface area contributed by atoms with Crippen LogP contribution >= 0.6 is 0 Å². The van der Waals surface area contributed by atoms with Crippen LogP contribution in [-0.2, 0) is 9.53 Å². The van der Waals surface area contributed by atoms with E-state index in [0.717, 1.165) is 5.56 Å². The number of carbonyl (C=O) groups excluding carboxylic acids is 2. The van der Waals surface area contributed by atoms with Crippen LogP contribution in [0.5, 0.6) is 0 Å². The zero-order valence-corrected chi connectivity index (χ0v) is 14.6. The van der Waals surface area contributed by atoms with E-state index >= 15 is 0 Å². The minimum Gasteiger partial charge on any atom is -0.343 e. The van der Waals surface area contributed by atoms with Crippen LogP contribution in [0.25, 0.3) is 0 Å². The molecule has 0 unspecified atom stereocenters. The van der Waals surface area contributed by atoms with Crippen LogP contribution in [0.15, 0.2) is 53.5 Å². The SMILES string of the molecule is O=C(c1ccc(=O)[nH]c1)N1CC[C@@]23O[C@H](c4ccccc4)CN2C(=O)C[C@@H]13. The zero-order valence-electron chi connectivity index (χ0n) is 14.6. The van der Waals surface area contributed by atoms with Gasteiger partial charge in [-0.1, -0.05) is 30.3 Å². The van der Waals surface area contributed by atoms with Crippen molar-refractivity contribution in [3.05, 3.63) is 70.1 Å². The standard InChI is InChI=1S/C20H19N3O4/c24-17-7-6-14(11-21-17)19(26)22-9-8-20-16(22)10-18(25)23(20)12-15(27-20)13-4-2-1-3-5-13/h1-7,11,15-16H,8-10,12H2,(H,21,24)/t15-,16+,20-/m0/s1. The Morgan fingerprint density at radius 1 is 1.15 bits per heavy atom. The van der Waals surface area contributed by atoms with Crippen molar-refractivity contribution in [2.45, 2.75) is 30.7 Å². The second-order valence-corrected chi connectivity index (χ2v) is 7.28. The maximum Gasteiger partial charge on any atom is 0.255 e. The predicted molar refractivity (Wildman–Crippen MR) is 95.8 cm³/mol. The van der Waals surface area contributed by atoms with Crippen molar-refractivity contribution < 1.29 is 14.3 Å². The Hall–Kier alpha value is -2.93. The number of amides is 2. The van der Waals surface area contributed by atoms with Crippen LogP contribution in [0.1, 0.15) is 34.9 Å². The molecular formula is C20H19N3O4. The molecule has 0 radical (unpaired) electrons. The molecule has 7 nitrogen and oxygen atoms in total. The van der Waals surface area contributed by atoms with Crippen molar-refractivity contribution in [2.75, 3.05) is 13.1 Å². The summed E-state index contributed by atoms with van der Waals surface area (Å²) in [4.78, 5) is 42.9. The lowest BCUT2D eigenvalue weighted by Gasteiger charge is -2.32. The number of nitrogens with zero attached hydrogens (tertiary/aromatic N) is 2. The molecule has 0 bridgehead atoms. The Kier molecular flexibility index (Phi) is 3.48. The quantitative estimate of drug-likeness (QED) is 0.869. The van der Waals surface area contributed by atoms with Crippen LogP contribution in [0, 0.1) is 0 Å². The minimum atomic E-state index is -0.741. The van der Waals surface area contributed by atoms with Gasteiger partial charge in [-0.2, -0.15) is 0 Å². The number of hydrogen-bond acceptors (Lipinski definition) is 4. The highest BCUT2D eigenvalue weighted by Gasteiger charge is 2.65. The molecule has 0 aliphatic carbocycles. The molecule has 0 saturated carbocycles. The fraction of sp³-hybridized carbons (Fsp3) is 0.350. The number of likely N-dealkylation sites (tertiary alicyclic amines) is 1. The monoisotopic (exact) mass is 365 g/mol. The van der Waals surface area contributed by atoms with E-state index in [0.29, 0.717) is 25.1 Å². The number of nitrogens with one attached hydrogen (secondary N) is 1. The van der Waals surface area contributed by atoms with Crippen molar-refractivity contribution in [1.82, 2.24) is 14.8 Å². The maximum absolute atomic E-state index is 13.0. The lowest BCUT2D eigenvalue weighted by atomic mass is 10.1. The van der Waals surface area contributed by atoms with Gasteiger partial charge in [-0.15, -0.1) is 0 Å². The van der Waals surface area contributed by atoms with E-state index in [1.807, 2.05) is 35.2 Å². The van der Waals surface area contributed by atoms with E-state index in [1.54, 1.807) is 4.90 Å². The normalized spacial score (nSPS) is 29.1. The van der Waals surface area contributed by atoms with Gasteiger partial charge in [0.05, 0.1) is 24.6 Å². The average Bonchev–Trinajstić information content (AvgIpc) is 3.31. The van der Waals surface area contributed by atoms with Crippen LogP contribution < -0.4 is 5.56 Å². The second kappa shape index (κ2) is 5.79. The van der Waals surface area contributed by atoms with Gasteiger partial charge < -0.3 is 19.5 Å². The summed E-state index contributed by atoms with van der Waals surface area (Å²) in [6.07, 6.45) is 2.12. The number of carbonyl (C=O) groups is 2. The number of rotatable bonds is 2. The predicted octanol–water partition coefficient (Wildman–Crippen LogP) is 1.29. The fourth-order valence-corrected chi connectivity index (χ4v) is 4.62. The van der Waals surface area contributed by atoms with Gasteiger partial charge in [-0.3, -0.25) is 14.4 Å². The van der Waals surface area contributed by atoms with Gasteiger partial charge >= 0.3 is 0 Å². The second-order valence-electron chi connectivity index (χ2n) is 7.28. The van der Waals surface area contributed by atoms with Gasteiger partial charge in [0.2, 0.25) is 11.5 Å². The van der Waals surface area contributed by atoms with E-state index in [4.69, 9.17) is 4.74 Å². The van der Waals surface area contributed by atoms with Gasteiger partial charge in [0.1, 0.15) is 6.10 Å². The third-order valence-electron chi connectivity index (χ3n) is 5.89. The Labute approximate surface area is 155 Å². The van der Waals surface area contributed by atoms with Crippen molar-refractivity contribution >= 4 is 11.8 Å². The molecule has 3 atom stereocenters. The zero-order chi connectivity index (χ0) is 18.6. The third-order valence-corrected chi connectivity index (χ3v) is 5.89. The fourth-order valence-electron chi connectivity index (χ4n) is 4.62.